The molecular weight excluding hydrogens is 261 g/mol. The maximum Gasteiger partial charge on any atom is 0.00313 e. The Labute approximate surface area is 112 Å². The maximum atomic E-state index is 3.48. The summed E-state index contributed by atoms with van der Waals surface area (Å²) >= 11 is 3.48. The zero-order valence-electron chi connectivity index (χ0n) is 11.3. The van der Waals surface area contributed by atoms with Gasteiger partial charge in [0.2, 0.25) is 0 Å². The molecule has 0 aromatic carbocycles. The first-order chi connectivity index (χ1) is 7.91. The molecule has 0 spiro atoms. The zero-order valence-corrected chi connectivity index (χ0v) is 12.9. The SMILES string of the molecule is CCCCCCCCCCCCCC[13CH2]Br. The summed E-state index contributed by atoms with van der Waals surface area (Å²) in [4.78, 5) is 0. The second-order valence-electron chi connectivity index (χ2n) is 4.93. The first-order valence-electron chi connectivity index (χ1n) is 7.47. The smallest absolute Gasteiger partial charge is 0.00313 e. The van der Waals surface area contributed by atoms with Gasteiger partial charge in [0.25, 0.3) is 0 Å². The molecule has 0 saturated heterocycles. The summed E-state index contributed by atoms with van der Waals surface area (Å²) in [5, 5.41) is 1.19. The maximum absolute atomic E-state index is 3.48. The van der Waals surface area contributed by atoms with E-state index in [1.165, 1.54) is 88.8 Å². The van der Waals surface area contributed by atoms with Gasteiger partial charge in [0, 0.05) is 5.33 Å². The van der Waals surface area contributed by atoms with E-state index >= 15 is 0 Å². The van der Waals surface area contributed by atoms with E-state index in [9.17, 15) is 0 Å². The Morgan fingerprint density at radius 3 is 1.12 bits per heavy atom. The fraction of sp³-hybridized carbons (Fsp3) is 1.00. The van der Waals surface area contributed by atoms with E-state index in [-0.39, 0.29) is 0 Å². The summed E-state index contributed by atoms with van der Waals surface area (Å²) in [6.45, 7) is 2.29. The molecule has 98 valence electrons. The molecule has 0 aromatic heterocycles. The third-order valence-corrected chi connectivity index (χ3v) is 3.80. The van der Waals surface area contributed by atoms with Gasteiger partial charge >= 0.3 is 0 Å². The van der Waals surface area contributed by atoms with Crippen LogP contribution in [-0.2, 0) is 0 Å². The van der Waals surface area contributed by atoms with Gasteiger partial charge in [-0.1, -0.05) is 99.9 Å². The van der Waals surface area contributed by atoms with E-state index in [1.54, 1.807) is 0 Å². The molecule has 0 aliphatic carbocycles. The van der Waals surface area contributed by atoms with Crippen molar-refractivity contribution in [1.29, 1.82) is 0 Å². The number of alkyl halides is 1. The van der Waals surface area contributed by atoms with Crippen LogP contribution < -0.4 is 0 Å². The molecule has 0 N–H and O–H groups in total. The van der Waals surface area contributed by atoms with Crippen LogP contribution in [0.25, 0.3) is 0 Å². The van der Waals surface area contributed by atoms with Gasteiger partial charge in [0.15, 0.2) is 0 Å². The Bertz CT molecular complexity index is 98.0. The number of unbranched alkanes of at least 4 members (excludes halogenated alkanes) is 12. The lowest BCUT2D eigenvalue weighted by atomic mass is 10.1. The van der Waals surface area contributed by atoms with E-state index in [1.807, 2.05) is 0 Å². The van der Waals surface area contributed by atoms with Gasteiger partial charge in [-0.2, -0.15) is 0 Å². The van der Waals surface area contributed by atoms with E-state index in [0.29, 0.717) is 0 Å². The number of hydrogen-bond acceptors (Lipinski definition) is 0. The molecule has 0 saturated carbocycles. The van der Waals surface area contributed by atoms with Crippen LogP contribution in [0.4, 0.5) is 0 Å². The normalized spacial score (nSPS) is 10.9. The quantitative estimate of drug-likeness (QED) is 0.207. The lowest BCUT2D eigenvalue weighted by molar-refractivity contribution is 0.543. The highest BCUT2D eigenvalue weighted by Gasteiger charge is 1.92. The number of hydrogen-bond donors (Lipinski definition) is 0. The average molecular weight is 292 g/mol. The molecule has 1 heteroatoms. The van der Waals surface area contributed by atoms with Gasteiger partial charge in [-0.15, -0.1) is 0 Å². The van der Waals surface area contributed by atoms with Crippen molar-refractivity contribution in [3.8, 4) is 0 Å². The topological polar surface area (TPSA) is 0 Å². The van der Waals surface area contributed by atoms with Crippen LogP contribution in [0.5, 0.6) is 0 Å². The predicted molar refractivity (Wildman–Crippen MR) is 79.5 cm³/mol. The van der Waals surface area contributed by atoms with E-state index in [0.717, 1.165) is 0 Å². The first kappa shape index (κ1) is 16.5. The molecular formula is C15H31Br. The van der Waals surface area contributed by atoms with Crippen molar-refractivity contribution in [2.75, 3.05) is 5.33 Å². The van der Waals surface area contributed by atoms with Crippen LogP contribution in [0.3, 0.4) is 0 Å². The minimum absolute atomic E-state index is 1.19. The van der Waals surface area contributed by atoms with Crippen LogP contribution in [0.15, 0.2) is 0 Å². The van der Waals surface area contributed by atoms with Crippen LogP contribution in [0, 0.1) is 0 Å². The predicted octanol–water partition coefficient (Wildman–Crippen LogP) is 6.47. The average Bonchev–Trinajstić information content (AvgIpc) is 2.31. The molecule has 0 atom stereocenters. The highest BCUT2D eigenvalue weighted by Crippen LogP contribution is 2.12. The van der Waals surface area contributed by atoms with Gasteiger partial charge in [0.05, 0.1) is 0 Å². The first-order valence-corrected chi connectivity index (χ1v) is 8.60. The monoisotopic (exact) mass is 291 g/mol. The van der Waals surface area contributed by atoms with E-state index in [2.05, 4.69) is 22.9 Å². The van der Waals surface area contributed by atoms with Crippen molar-refractivity contribution >= 4 is 15.9 Å². The lowest BCUT2D eigenvalue weighted by Gasteiger charge is -2.02. The summed E-state index contributed by atoms with van der Waals surface area (Å²) in [6.07, 6.45) is 18.8. The van der Waals surface area contributed by atoms with Gasteiger partial charge in [0.1, 0.15) is 0 Å². The van der Waals surface area contributed by atoms with Crippen LogP contribution in [0.1, 0.15) is 90.4 Å². The molecule has 0 nitrogen and oxygen atoms in total. The van der Waals surface area contributed by atoms with Gasteiger partial charge in [-0.25, -0.2) is 0 Å². The minimum atomic E-state index is 1.19. The molecule has 0 bridgehead atoms. The Balaban J connectivity index is 2.83. The summed E-state index contributed by atoms with van der Waals surface area (Å²) in [7, 11) is 0. The van der Waals surface area contributed by atoms with E-state index in [4.69, 9.17) is 0 Å². The molecule has 0 amide bonds. The van der Waals surface area contributed by atoms with Crippen molar-refractivity contribution in [2.24, 2.45) is 0 Å². The summed E-state index contributed by atoms with van der Waals surface area (Å²) in [6, 6.07) is 0. The molecule has 0 aromatic rings. The Morgan fingerprint density at radius 1 is 0.500 bits per heavy atom. The largest absolute Gasteiger partial charge is 0.0928 e. The highest BCUT2D eigenvalue weighted by molar-refractivity contribution is 9.09. The van der Waals surface area contributed by atoms with Gasteiger partial charge in [-0.3, -0.25) is 0 Å². The molecule has 0 rings (SSSR count). The fourth-order valence-electron chi connectivity index (χ4n) is 2.11. The van der Waals surface area contributed by atoms with Crippen LogP contribution in [-0.4, -0.2) is 5.33 Å². The Morgan fingerprint density at radius 2 is 0.812 bits per heavy atom. The highest BCUT2D eigenvalue weighted by atomic mass is 79.9. The molecule has 0 aliphatic rings. The molecule has 16 heavy (non-hydrogen) atoms. The van der Waals surface area contributed by atoms with Crippen molar-refractivity contribution in [3.05, 3.63) is 0 Å². The number of rotatable bonds is 13. The summed E-state index contributed by atoms with van der Waals surface area (Å²) in [5.41, 5.74) is 0. The second kappa shape index (κ2) is 15.5. The second-order valence-corrected chi connectivity index (χ2v) is 5.72. The zero-order chi connectivity index (χ0) is 11.9. The van der Waals surface area contributed by atoms with E-state index < -0.39 is 0 Å². The standard InChI is InChI=1S/C15H31Br/c1-2-3-4-5-6-7-8-9-10-11-12-13-14-15-16/h2-15H2,1H3/i15+1. The van der Waals surface area contributed by atoms with Crippen molar-refractivity contribution in [2.45, 2.75) is 90.4 Å². The lowest BCUT2D eigenvalue weighted by Crippen LogP contribution is -1.83. The molecule has 0 fully saturated rings. The number of halogens is 1. The van der Waals surface area contributed by atoms with Crippen molar-refractivity contribution in [3.63, 3.8) is 0 Å². The molecule has 0 unspecified atom stereocenters. The van der Waals surface area contributed by atoms with Crippen molar-refractivity contribution < 1.29 is 0 Å². The van der Waals surface area contributed by atoms with Crippen molar-refractivity contribution in [1.82, 2.24) is 0 Å². The van der Waals surface area contributed by atoms with Crippen LogP contribution in [0.2, 0.25) is 0 Å². The molecule has 0 radical (unpaired) electrons. The molecule has 0 aliphatic heterocycles. The van der Waals surface area contributed by atoms with Gasteiger partial charge in [-0.05, 0) is 6.42 Å². The third kappa shape index (κ3) is 14.5. The van der Waals surface area contributed by atoms with Crippen LogP contribution >= 0.6 is 15.9 Å². The Hall–Kier alpha value is 0.480. The summed E-state index contributed by atoms with van der Waals surface area (Å²) < 4.78 is 0. The third-order valence-electron chi connectivity index (χ3n) is 3.24. The molecule has 0 heterocycles. The fourth-order valence-corrected chi connectivity index (χ4v) is 2.51. The van der Waals surface area contributed by atoms with Gasteiger partial charge < -0.3 is 0 Å². The summed E-state index contributed by atoms with van der Waals surface area (Å²) in [5.74, 6) is 0. The minimum Gasteiger partial charge on any atom is -0.0928 e. The Kier molecular flexibility index (Phi) is 15.9.